The van der Waals surface area contributed by atoms with Gasteiger partial charge in [-0.15, -0.1) is 0 Å². The van der Waals surface area contributed by atoms with Crippen LogP contribution in [0.25, 0.3) is 5.57 Å². The molecular formula is C10H3F4NO3. The number of amides is 2. The number of aromatic hydroxyl groups is 1. The van der Waals surface area contributed by atoms with Crippen molar-refractivity contribution in [3.8, 4) is 5.75 Å². The van der Waals surface area contributed by atoms with Gasteiger partial charge < -0.3 is 5.11 Å². The van der Waals surface area contributed by atoms with E-state index in [1.54, 1.807) is 5.32 Å². The van der Waals surface area contributed by atoms with E-state index < -0.39 is 52.0 Å². The maximum atomic E-state index is 13.4. The summed E-state index contributed by atoms with van der Waals surface area (Å²) < 4.78 is 52.8. The summed E-state index contributed by atoms with van der Waals surface area (Å²) in [5.41, 5.74) is -2.20. The number of rotatable bonds is 1. The molecule has 0 aromatic heterocycles. The number of carbonyl (C=O) groups is 2. The van der Waals surface area contributed by atoms with E-state index >= 15 is 0 Å². The summed E-state index contributed by atoms with van der Waals surface area (Å²) in [6, 6.07) is 0. The second-order valence-electron chi connectivity index (χ2n) is 3.36. The van der Waals surface area contributed by atoms with E-state index in [4.69, 9.17) is 5.11 Å². The fourth-order valence-electron chi connectivity index (χ4n) is 1.45. The van der Waals surface area contributed by atoms with Crippen molar-refractivity contribution >= 4 is 17.4 Å². The van der Waals surface area contributed by atoms with E-state index in [0.29, 0.717) is 6.08 Å². The highest BCUT2D eigenvalue weighted by Crippen LogP contribution is 2.33. The van der Waals surface area contributed by atoms with Crippen LogP contribution in [0.4, 0.5) is 17.6 Å². The van der Waals surface area contributed by atoms with Gasteiger partial charge in [0, 0.05) is 6.08 Å². The predicted molar refractivity (Wildman–Crippen MR) is 49.1 cm³/mol. The molecule has 0 aliphatic carbocycles. The van der Waals surface area contributed by atoms with Crippen LogP contribution in [0.5, 0.6) is 5.75 Å². The minimum absolute atomic E-state index is 0.500. The van der Waals surface area contributed by atoms with Gasteiger partial charge in [-0.25, -0.2) is 8.78 Å². The summed E-state index contributed by atoms with van der Waals surface area (Å²) in [5.74, 6) is -12.0. The maximum absolute atomic E-state index is 13.4. The average molecular weight is 261 g/mol. The summed E-state index contributed by atoms with van der Waals surface area (Å²) in [5, 5.41) is 10.4. The minimum Gasteiger partial charge on any atom is -0.503 e. The smallest absolute Gasteiger partial charge is 0.259 e. The number of benzene rings is 1. The fraction of sp³-hybridized carbons (Fsp3) is 0. The van der Waals surface area contributed by atoms with Crippen LogP contribution in [-0.2, 0) is 9.59 Å². The standard InChI is InChI=1S/C10H3F4NO3/c11-5-4(2-1-3(16)15-10(2)18)6(12)8(14)9(17)7(5)13/h1,17H,(H,15,16,18). The first-order chi connectivity index (χ1) is 8.34. The molecule has 1 aromatic rings. The lowest BCUT2D eigenvalue weighted by Gasteiger charge is -2.08. The fourth-order valence-corrected chi connectivity index (χ4v) is 1.45. The van der Waals surface area contributed by atoms with Gasteiger partial charge >= 0.3 is 0 Å². The van der Waals surface area contributed by atoms with Crippen molar-refractivity contribution in [2.75, 3.05) is 0 Å². The normalized spacial score (nSPS) is 14.8. The van der Waals surface area contributed by atoms with Crippen molar-refractivity contribution in [3.63, 3.8) is 0 Å². The highest BCUT2D eigenvalue weighted by molar-refractivity contribution is 6.33. The van der Waals surface area contributed by atoms with E-state index in [1.165, 1.54) is 0 Å². The van der Waals surface area contributed by atoms with Crippen LogP contribution in [-0.4, -0.2) is 16.9 Å². The Labute approximate surface area is 96.5 Å². The van der Waals surface area contributed by atoms with E-state index in [2.05, 4.69) is 0 Å². The number of carbonyl (C=O) groups excluding carboxylic acids is 2. The first kappa shape index (κ1) is 12.1. The molecule has 0 bridgehead atoms. The van der Waals surface area contributed by atoms with Gasteiger partial charge in [-0.3, -0.25) is 14.9 Å². The lowest BCUT2D eigenvalue weighted by molar-refractivity contribution is -0.123. The predicted octanol–water partition coefficient (Wildman–Crippen LogP) is 0.988. The molecule has 18 heavy (non-hydrogen) atoms. The molecule has 0 atom stereocenters. The van der Waals surface area contributed by atoms with Gasteiger partial charge in [-0.05, 0) is 0 Å². The van der Waals surface area contributed by atoms with Crippen molar-refractivity contribution in [1.82, 2.24) is 5.32 Å². The molecule has 4 nitrogen and oxygen atoms in total. The van der Waals surface area contributed by atoms with Crippen LogP contribution in [0.15, 0.2) is 6.08 Å². The number of halogens is 4. The van der Waals surface area contributed by atoms with Gasteiger partial charge in [0.05, 0.1) is 11.1 Å². The molecule has 0 fully saturated rings. The number of hydrogen-bond donors (Lipinski definition) is 2. The molecule has 1 aromatic carbocycles. The van der Waals surface area contributed by atoms with Gasteiger partial charge in [0.1, 0.15) is 0 Å². The van der Waals surface area contributed by atoms with Crippen LogP contribution in [0.3, 0.4) is 0 Å². The summed E-state index contributed by atoms with van der Waals surface area (Å²) in [4.78, 5) is 22.0. The van der Waals surface area contributed by atoms with Gasteiger partial charge in [-0.1, -0.05) is 0 Å². The topological polar surface area (TPSA) is 66.4 Å². The number of imide groups is 1. The highest BCUT2D eigenvalue weighted by Gasteiger charge is 2.33. The van der Waals surface area contributed by atoms with Gasteiger partial charge in [0.25, 0.3) is 11.8 Å². The van der Waals surface area contributed by atoms with E-state index in [0.717, 1.165) is 0 Å². The van der Waals surface area contributed by atoms with Crippen LogP contribution >= 0.6 is 0 Å². The van der Waals surface area contributed by atoms with E-state index in [1.807, 2.05) is 0 Å². The second-order valence-corrected chi connectivity index (χ2v) is 3.36. The molecule has 0 unspecified atom stereocenters. The zero-order valence-corrected chi connectivity index (χ0v) is 8.35. The summed E-state index contributed by atoms with van der Waals surface area (Å²) in [6.07, 6.45) is 0.500. The van der Waals surface area contributed by atoms with Crippen LogP contribution in [0.1, 0.15) is 5.56 Å². The number of hydrogen-bond acceptors (Lipinski definition) is 3. The Balaban J connectivity index is 2.77. The van der Waals surface area contributed by atoms with Crippen molar-refractivity contribution in [2.24, 2.45) is 0 Å². The Hall–Kier alpha value is -2.38. The summed E-state index contributed by atoms with van der Waals surface area (Å²) >= 11 is 0. The number of phenolic OH excluding ortho intramolecular Hbond substituents is 1. The Bertz CT molecular complexity index is 595. The molecule has 94 valence electrons. The van der Waals surface area contributed by atoms with Crippen molar-refractivity contribution in [1.29, 1.82) is 0 Å². The van der Waals surface area contributed by atoms with Crippen LogP contribution in [0.2, 0.25) is 0 Å². The Morgan fingerprint density at radius 1 is 0.944 bits per heavy atom. The third-order valence-corrected chi connectivity index (χ3v) is 2.27. The van der Waals surface area contributed by atoms with E-state index in [-0.39, 0.29) is 0 Å². The first-order valence-corrected chi connectivity index (χ1v) is 4.47. The average Bonchev–Trinajstić information content (AvgIpc) is 2.64. The molecule has 2 amide bonds. The zero-order chi connectivity index (χ0) is 13.6. The van der Waals surface area contributed by atoms with Crippen molar-refractivity contribution in [2.45, 2.75) is 0 Å². The summed E-state index contributed by atoms with van der Waals surface area (Å²) in [7, 11) is 0. The van der Waals surface area contributed by atoms with Gasteiger partial charge in [0.15, 0.2) is 17.4 Å². The summed E-state index contributed by atoms with van der Waals surface area (Å²) in [6.45, 7) is 0. The first-order valence-electron chi connectivity index (χ1n) is 4.47. The van der Waals surface area contributed by atoms with Crippen LogP contribution in [0, 0.1) is 23.3 Å². The Kier molecular flexibility index (Phi) is 2.57. The third-order valence-electron chi connectivity index (χ3n) is 2.27. The molecule has 1 aliphatic heterocycles. The van der Waals surface area contributed by atoms with E-state index in [9.17, 15) is 27.2 Å². The molecule has 0 saturated heterocycles. The third kappa shape index (κ3) is 1.53. The molecule has 2 rings (SSSR count). The van der Waals surface area contributed by atoms with Crippen molar-refractivity contribution < 1.29 is 32.3 Å². The maximum Gasteiger partial charge on any atom is 0.259 e. The lowest BCUT2D eigenvalue weighted by Crippen LogP contribution is -2.22. The molecule has 0 saturated carbocycles. The van der Waals surface area contributed by atoms with Crippen molar-refractivity contribution in [3.05, 3.63) is 34.9 Å². The molecule has 2 N–H and O–H groups in total. The zero-order valence-electron chi connectivity index (χ0n) is 8.35. The lowest BCUT2D eigenvalue weighted by atomic mass is 10.0. The number of nitrogens with one attached hydrogen (secondary N) is 1. The minimum atomic E-state index is -2.04. The molecule has 8 heteroatoms. The SMILES string of the molecule is O=C1C=C(c2c(F)c(F)c(O)c(F)c2F)C(=O)N1. The largest absolute Gasteiger partial charge is 0.503 e. The molecule has 1 aliphatic rings. The van der Waals surface area contributed by atoms with Gasteiger partial charge in [0.2, 0.25) is 11.6 Å². The monoisotopic (exact) mass is 261 g/mol. The molecular weight excluding hydrogens is 258 g/mol. The molecule has 0 radical (unpaired) electrons. The Morgan fingerprint density at radius 2 is 1.44 bits per heavy atom. The Morgan fingerprint density at radius 3 is 1.83 bits per heavy atom. The molecule has 0 spiro atoms. The quantitative estimate of drug-likeness (QED) is 0.450. The van der Waals surface area contributed by atoms with Crippen LogP contribution < -0.4 is 5.32 Å². The number of phenols is 1. The second kappa shape index (κ2) is 3.83. The van der Waals surface area contributed by atoms with Gasteiger partial charge in [-0.2, -0.15) is 8.78 Å². The highest BCUT2D eigenvalue weighted by atomic mass is 19.2. The molecule has 1 heterocycles.